The van der Waals surface area contributed by atoms with Gasteiger partial charge in [-0.1, -0.05) is 6.42 Å². The van der Waals surface area contributed by atoms with Crippen LogP contribution in [-0.4, -0.2) is 24.0 Å². The molecular weight excluding hydrogens is 264 g/mol. The van der Waals surface area contributed by atoms with Crippen molar-refractivity contribution in [1.82, 2.24) is 4.90 Å². The Morgan fingerprint density at radius 1 is 1.33 bits per heavy atom. The second-order valence-corrected chi connectivity index (χ2v) is 7.10. The van der Waals surface area contributed by atoms with E-state index in [4.69, 9.17) is 5.73 Å². The lowest BCUT2D eigenvalue weighted by Crippen LogP contribution is -2.38. The Bertz CT molecular complexity index is 393. The van der Waals surface area contributed by atoms with E-state index in [0.29, 0.717) is 6.04 Å². The predicted octanol–water partition coefficient (Wildman–Crippen LogP) is 3.04. The highest BCUT2D eigenvalue weighted by atomic mass is 35.5. The normalized spacial score (nSPS) is 32.0. The van der Waals surface area contributed by atoms with Gasteiger partial charge in [0, 0.05) is 35.4 Å². The number of halogens is 1. The van der Waals surface area contributed by atoms with Crippen LogP contribution in [0.3, 0.4) is 0 Å². The standard InChI is InChI=1S/C14H22N2S.ClH/c1-10-5-6-12(17-10)8-16-7-11-3-2-4-14(15)13(11)9-16;/h5-6,11,13-14H,2-4,7-9,15H2,1H3;1H. The van der Waals surface area contributed by atoms with Gasteiger partial charge in [0.05, 0.1) is 0 Å². The fourth-order valence-electron chi connectivity index (χ4n) is 3.53. The summed E-state index contributed by atoms with van der Waals surface area (Å²) in [4.78, 5) is 5.55. The molecule has 2 fully saturated rings. The van der Waals surface area contributed by atoms with Gasteiger partial charge >= 0.3 is 0 Å². The molecule has 1 saturated heterocycles. The van der Waals surface area contributed by atoms with Crippen molar-refractivity contribution in [2.45, 2.75) is 38.8 Å². The van der Waals surface area contributed by atoms with Gasteiger partial charge in [-0.15, -0.1) is 23.7 Å². The minimum absolute atomic E-state index is 0. The van der Waals surface area contributed by atoms with E-state index in [1.54, 1.807) is 0 Å². The van der Waals surface area contributed by atoms with Crippen LogP contribution in [-0.2, 0) is 6.54 Å². The number of aryl methyl sites for hydroxylation is 1. The molecule has 3 unspecified atom stereocenters. The van der Waals surface area contributed by atoms with Crippen LogP contribution in [0.4, 0.5) is 0 Å². The Hall–Kier alpha value is -0.0900. The van der Waals surface area contributed by atoms with Crippen LogP contribution >= 0.6 is 23.7 Å². The van der Waals surface area contributed by atoms with E-state index in [2.05, 4.69) is 24.0 Å². The highest BCUT2D eigenvalue weighted by Crippen LogP contribution is 2.36. The van der Waals surface area contributed by atoms with Crippen molar-refractivity contribution in [3.8, 4) is 0 Å². The lowest BCUT2D eigenvalue weighted by atomic mass is 9.78. The summed E-state index contributed by atoms with van der Waals surface area (Å²) in [6, 6.07) is 4.97. The Morgan fingerprint density at radius 3 is 2.83 bits per heavy atom. The van der Waals surface area contributed by atoms with Gasteiger partial charge in [0.1, 0.15) is 0 Å². The third kappa shape index (κ3) is 2.90. The van der Waals surface area contributed by atoms with Crippen molar-refractivity contribution in [2.24, 2.45) is 17.6 Å². The van der Waals surface area contributed by atoms with Crippen LogP contribution in [0.1, 0.15) is 29.0 Å². The molecule has 1 saturated carbocycles. The van der Waals surface area contributed by atoms with Gasteiger partial charge in [0.25, 0.3) is 0 Å². The molecule has 3 rings (SSSR count). The zero-order chi connectivity index (χ0) is 11.8. The van der Waals surface area contributed by atoms with Gasteiger partial charge in [-0.25, -0.2) is 0 Å². The van der Waals surface area contributed by atoms with E-state index < -0.39 is 0 Å². The molecule has 0 amide bonds. The first-order valence-corrected chi connectivity index (χ1v) is 7.57. The number of nitrogens with two attached hydrogens (primary N) is 1. The van der Waals surface area contributed by atoms with E-state index in [1.807, 2.05) is 11.3 Å². The molecule has 4 heteroatoms. The highest BCUT2D eigenvalue weighted by Gasteiger charge is 2.38. The van der Waals surface area contributed by atoms with Gasteiger partial charge in [0.15, 0.2) is 0 Å². The molecule has 2 aliphatic rings. The second-order valence-electron chi connectivity index (χ2n) is 5.73. The molecule has 1 aliphatic heterocycles. The van der Waals surface area contributed by atoms with E-state index in [1.165, 1.54) is 42.1 Å². The molecule has 1 aromatic rings. The third-order valence-electron chi connectivity index (χ3n) is 4.40. The van der Waals surface area contributed by atoms with Gasteiger partial charge in [-0.05, 0) is 43.7 Å². The lowest BCUT2D eigenvalue weighted by Gasteiger charge is -2.29. The number of hydrogen-bond acceptors (Lipinski definition) is 3. The SMILES string of the molecule is Cc1ccc(CN2CC3CCCC(N)C3C2)s1.Cl. The van der Waals surface area contributed by atoms with E-state index in [0.717, 1.165) is 18.4 Å². The lowest BCUT2D eigenvalue weighted by molar-refractivity contribution is 0.259. The first-order chi connectivity index (χ1) is 8.22. The van der Waals surface area contributed by atoms with Crippen LogP contribution < -0.4 is 5.73 Å². The number of hydrogen-bond donors (Lipinski definition) is 1. The maximum absolute atomic E-state index is 6.26. The maximum Gasteiger partial charge on any atom is 0.0328 e. The topological polar surface area (TPSA) is 29.3 Å². The number of nitrogens with zero attached hydrogens (tertiary/aromatic N) is 1. The van der Waals surface area contributed by atoms with Gasteiger partial charge in [-0.2, -0.15) is 0 Å². The Kier molecular flexibility index (Phi) is 4.70. The Labute approximate surface area is 120 Å². The molecule has 1 aromatic heterocycles. The zero-order valence-electron chi connectivity index (χ0n) is 11.0. The summed E-state index contributed by atoms with van der Waals surface area (Å²) >= 11 is 1.94. The third-order valence-corrected chi connectivity index (χ3v) is 5.39. The van der Waals surface area contributed by atoms with Crippen molar-refractivity contribution in [2.75, 3.05) is 13.1 Å². The van der Waals surface area contributed by atoms with Gasteiger partial charge in [-0.3, -0.25) is 4.90 Å². The van der Waals surface area contributed by atoms with Crippen LogP contribution in [0.5, 0.6) is 0 Å². The fourth-order valence-corrected chi connectivity index (χ4v) is 4.46. The largest absolute Gasteiger partial charge is 0.327 e. The molecule has 0 bridgehead atoms. The quantitative estimate of drug-likeness (QED) is 0.905. The molecule has 2 nitrogen and oxygen atoms in total. The molecule has 18 heavy (non-hydrogen) atoms. The van der Waals surface area contributed by atoms with E-state index in [-0.39, 0.29) is 12.4 Å². The number of fused-ring (bicyclic) bond motifs is 1. The molecule has 1 aliphatic carbocycles. The molecule has 2 N–H and O–H groups in total. The molecule has 0 aromatic carbocycles. The molecule has 102 valence electrons. The van der Waals surface area contributed by atoms with Gasteiger partial charge < -0.3 is 5.73 Å². The van der Waals surface area contributed by atoms with Gasteiger partial charge in [0.2, 0.25) is 0 Å². The van der Waals surface area contributed by atoms with Crippen molar-refractivity contribution in [1.29, 1.82) is 0 Å². The smallest absolute Gasteiger partial charge is 0.0328 e. The minimum Gasteiger partial charge on any atom is -0.327 e. The molecule has 0 spiro atoms. The number of thiophene rings is 1. The second kappa shape index (κ2) is 5.91. The predicted molar refractivity (Wildman–Crippen MR) is 80.4 cm³/mol. The maximum atomic E-state index is 6.26. The van der Waals surface area contributed by atoms with Crippen LogP contribution in [0.15, 0.2) is 12.1 Å². The molecule has 2 heterocycles. The summed E-state index contributed by atoms with van der Waals surface area (Å²) in [6.07, 6.45) is 3.99. The zero-order valence-corrected chi connectivity index (χ0v) is 12.6. The fraction of sp³-hybridized carbons (Fsp3) is 0.714. The Balaban J connectivity index is 0.00000120. The molecular formula is C14H23ClN2S. The van der Waals surface area contributed by atoms with Crippen molar-refractivity contribution in [3.05, 3.63) is 21.9 Å². The summed E-state index contributed by atoms with van der Waals surface area (Å²) in [5, 5.41) is 0. The summed E-state index contributed by atoms with van der Waals surface area (Å²) in [5.74, 6) is 1.64. The van der Waals surface area contributed by atoms with Crippen molar-refractivity contribution >= 4 is 23.7 Å². The van der Waals surface area contributed by atoms with Crippen LogP contribution in [0, 0.1) is 18.8 Å². The molecule has 3 atom stereocenters. The van der Waals surface area contributed by atoms with E-state index >= 15 is 0 Å². The monoisotopic (exact) mass is 286 g/mol. The summed E-state index contributed by atoms with van der Waals surface area (Å²) < 4.78 is 0. The van der Waals surface area contributed by atoms with Crippen molar-refractivity contribution in [3.63, 3.8) is 0 Å². The first-order valence-electron chi connectivity index (χ1n) is 6.75. The van der Waals surface area contributed by atoms with Crippen LogP contribution in [0.2, 0.25) is 0 Å². The summed E-state index contributed by atoms with van der Waals surface area (Å²) in [7, 11) is 0. The minimum atomic E-state index is 0. The van der Waals surface area contributed by atoms with Crippen molar-refractivity contribution < 1.29 is 0 Å². The first kappa shape index (κ1) is 14.3. The van der Waals surface area contributed by atoms with E-state index in [9.17, 15) is 0 Å². The van der Waals surface area contributed by atoms with Crippen LogP contribution in [0.25, 0.3) is 0 Å². The Morgan fingerprint density at radius 2 is 2.17 bits per heavy atom. The summed E-state index contributed by atoms with van der Waals surface area (Å²) in [5.41, 5.74) is 6.26. The average Bonchev–Trinajstić information content (AvgIpc) is 2.86. The summed E-state index contributed by atoms with van der Waals surface area (Å²) in [6.45, 7) is 5.82. The average molecular weight is 287 g/mol. The highest BCUT2D eigenvalue weighted by molar-refractivity contribution is 7.11. The number of likely N-dealkylation sites (tertiary alicyclic amines) is 1. The molecule has 0 radical (unpaired) electrons. The number of rotatable bonds is 2.